The topological polar surface area (TPSA) is 70.2 Å². The second-order valence-corrected chi connectivity index (χ2v) is 5.88. The van der Waals surface area contributed by atoms with Gasteiger partial charge in [-0.15, -0.1) is 10.2 Å². The Labute approximate surface area is 140 Å². The van der Waals surface area contributed by atoms with Crippen LogP contribution in [0.1, 0.15) is 16.1 Å². The Hall–Kier alpha value is -2.18. The van der Waals surface area contributed by atoms with Crippen molar-refractivity contribution in [1.29, 1.82) is 0 Å². The zero-order valence-electron chi connectivity index (χ0n) is 13.4. The van der Waals surface area contributed by atoms with Gasteiger partial charge in [-0.25, -0.2) is 0 Å². The van der Waals surface area contributed by atoms with Crippen LogP contribution >= 0.6 is 11.6 Å². The molecule has 1 heterocycles. The maximum absolute atomic E-state index is 12.2. The normalized spacial score (nSPS) is 10.7. The van der Waals surface area contributed by atoms with Crippen molar-refractivity contribution in [2.75, 3.05) is 37.8 Å². The van der Waals surface area contributed by atoms with Gasteiger partial charge < -0.3 is 15.5 Å². The van der Waals surface area contributed by atoms with E-state index < -0.39 is 0 Å². The van der Waals surface area contributed by atoms with E-state index in [0.29, 0.717) is 16.5 Å². The van der Waals surface area contributed by atoms with E-state index in [1.165, 1.54) is 0 Å². The lowest BCUT2D eigenvalue weighted by Gasteiger charge is -2.11. The SMILES string of the molecule is Cc1ccc(Cl)cc1NC(=O)c1ccc(NCCN(C)C)nn1. The molecule has 0 atom stereocenters. The van der Waals surface area contributed by atoms with Gasteiger partial charge in [0.2, 0.25) is 0 Å². The first kappa shape index (κ1) is 17.2. The van der Waals surface area contributed by atoms with Gasteiger partial charge in [0, 0.05) is 23.8 Å². The summed E-state index contributed by atoms with van der Waals surface area (Å²) >= 11 is 5.95. The number of hydrogen-bond donors (Lipinski definition) is 2. The fourth-order valence-corrected chi connectivity index (χ4v) is 2.04. The highest BCUT2D eigenvalue weighted by molar-refractivity contribution is 6.31. The van der Waals surface area contributed by atoms with Crippen LogP contribution in [-0.4, -0.2) is 48.2 Å². The number of rotatable bonds is 6. The van der Waals surface area contributed by atoms with E-state index in [4.69, 9.17) is 11.6 Å². The fraction of sp³-hybridized carbons (Fsp3) is 0.312. The Kier molecular flexibility index (Phi) is 5.90. The molecular formula is C16H20ClN5O. The molecule has 7 heteroatoms. The molecular weight excluding hydrogens is 314 g/mol. The van der Waals surface area contributed by atoms with Crippen molar-refractivity contribution in [3.63, 3.8) is 0 Å². The van der Waals surface area contributed by atoms with Gasteiger partial charge in [0.1, 0.15) is 5.82 Å². The van der Waals surface area contributed by atoms with Crippen molar-refractivity contribution < 1.29 is 4.79 Å². The minimum atomic E-state index is -0.317. The predicted molar refractivity (Wildman–Crippen MR) is 93.2 cm³/mol. The molecule has 2 rings (SSSR count). The highest BCUT2D eigenvalue weighted by Crippen LogP contribution is 2.20. The average Bonchev–Trinajstić information content (AvgIpc) is 2.51. The molecule has 122 valence electrons. The number of amides is 1. The third-order valence-electron chi connectivity index (χ3n) is 3.21. The van der Waals surface area contributed by atoms with Crippen molar-refractivity contribution in [2.45, 2.75) is 6.92 Å². The predicted octanol–water partition coefficient (Wildman–Crippen LogP) is 2.66. The van der Waals surface area contributed by atoms with Gasteiger partial charge in [-0.1, -0.05) is 17.7 Å². The summed E-state index contributed by atoms with van der Waals surface area (Å²) in [5.74, 6) is 0.324. The molecule has 0 aliphatic rings. The molecule has 0 radical (unpaired) electrons. The Morgan fingerprint density at radius 1 is 1.22 bits per heavy atom. The number of halogens is 1. The van der Waals surface area contributed by atoms with Crippen LogP contribution < -0.4 is 10.6 Å². The lowest BCUT2D eigenvalue weighted by molar-refractivity contribution is 0.102. The van der Waals surface area contributed by atoms with E-state index in [0.717, 1.165) is 18.7 Å². The first-order valence-electron chi connectivity index (χ1n) is 7.25. The maximum atomic E-state index is 12.2. The summed E-state index contributed by atoms with van der Waals surface area (Å²) in [6.45, 7) is 3.54. The minimum absolute atomic E-state index is 0.252. The van der Waals surface area contributed by atoms with E-state index in [-0.39, 0.29) is 11.6 Å². The van der Waals surface area contributed by atoms with Crippen molar-refractivity contribution in [2.24, 2.45) is 0 Å². The smallest absolute Gasteiger partial charge is 0.276 e. The number of aryl methyl sites for hydroxylation is 1. The monoisotopic (exact) mass is 333 g/mol. The first-order valence-corrected chi connectivity index (χ1v) is 7.63. The lowest BCUT2D eigenvalue weighted by Crippen LogP contribution is -2.21. The Morgan fingerprint density at radius 2 is 2.00 bits per heavy atom. The Morgan fingerprint density at radius 3 is 2.65 bits per heavy atom. The van der Waals surface area contributed by atoms with Crippen molar-refractivity contribution >= 4 is 29.0 Å². The van der Waals surface area contributed by atoms with E-state index in [2.05, 4.69) is 25.7 Å². The average molecular weight is 334 g/mol. The first-order chi connectivity index (χ1) is 11.0. The standard InChI is InChI=1S/C16H20ClN5O/c1-11-4-5-12(17)10-14(11)19-16(23)13-6-7-15(21-20-13)18-8-9-22(2)3/h4-7,10H,8-9H2,1-3H3,(H,18,21)(H,19,23). The molecule has 23 heavy (non-hydrogen) atoms. The summed E-state index contributed by atoms with van der Waals surface area (Å²) in [6.07, 6.45) is 0. The number of anilines is 2. The number of aromatic nitrogens is 2. The summed E-state index contributed by atoms with van der Waals surface area (Å²) in [6, 6.07) is 8.71. The molecule has 0 aliphatic carbocycles. The van der Waals surface area contributed by atoms with Crippen LogP contribution in [0, 0.1) is 6.92 Å². The minimum Gasteiger partial charge on any atom is -0.367 e. The van der Waals surface area contributed by atoms with Gasteiger partial charge in [-0.3, -0.25) is 4.79 Å². The summed E-state index contributed by atoms with van der Waals surface area (Å²) in [4.78, 5) is 14.3. The zero-order valence-corrected chi connectivity index (χ0v) is 14.2. The molecule has 0 saturated carbocycles. The number of carbonyl (C=O) groups is 1. The largest absolute Gasteiger partial charge is 0.367 e. The lowest BCUT2D eigenvalue weighted by atomic mass is 10.2. The summed E-state index contributed by atoms with van der Waals surface area (Å²) in [5.41, 5.74) is 1.85. The third kappa shape index (κ3) is 5.19. The number of hydrogen-bond acceptors (Lipinski definition) is 5. The number of carbonyl (C=O) groups excluding carboxylic acids is 1. The molecule has 0 bridgehead atoms. The molecule has 2 N–H and O–H groups in total. The molecule has 1 amide bonds. The molecule has 6 nitrogen and oxygen atoms in total. The van der Waals surface area contributed by atoms with Crippen LogP contribution in [0.5, 0.6) is 0 Å². The van der Waals surface area contributed by atoms with Gasteiger partial charge in [0.05, 0.1) is 0 Å². The second-order valence-electron chi connectivity index (χ2n) is 5.45. The Bertz CT molecular complexity index is 673. The van der Waals surface area contributed by atoms with Gasteiger partial charge in [-0.2, -0.15) is 0 Å². The molecule has 0 aliphatic heterocycles. The molecule has 0 spiro atoms. The van der Waals surface area contributed by atoms with Crippen LogP contribution in [0.2, 0.25) is 5.02 Å². The summed E-state index contributed by atoms with van der Waals surface area (Å²) < 4.78 is 0. The third-order valence-corrected chi connectivity index (χ3v) is 3.45. The quantitative estimate of drug-likeness (QED) is 0.850. The molecule has 0 saturated heterocycles. The molecule has 0 unspecified atom stereocenters. The van der Waals surface area contributed by atoms with Gasteiger partial charge in [-0.05, 0) is 50.8 Å². The molecule has 1 aromatic heterocycles. The van der Waals surface area contributed by atoms with E-state index in [1.54, 1.807) is 24.3 Å². The van der Waals surface area contributed by atoms with E-state index in [1.807, 2.05) is 27.1 Å². The number of likely N-dealkylation sites (N-methyl/N-ethyl adjacent to an activating group) is 1. The molecule has 1 aromatic carbocycles. The van der Waals surface area contributed by atoms with Crippen molar-refractivity contribution in [1.82, 2.24) is 15.1 Å². The second kappa shape index (κ2) is 7.89. The van der Waals surface area contributed by atoms with Crippen molar-refractivity contribution in [3.05, 3.63) is 46.6 Å². The van der Waals surface area contributed by atoms with Crippen LogP contribution in [0.15, 0.2) is 30.3 Å². The van der Waals surface area contributed by atoms with Crippen LogP contribution in [0.3, 0.4) is 0 Å². The van der Waals surface area contributed by atoms with Crippen LogP contribution in [0.25, 0.3) is 0 Å². The summed E-state index contributed by atoms with van der Waals surface area (Å²) in [5, 5.41) is 14.5. The molecule has 2 aromatic rings. The van der Waals surface area contributed by atoms with Gasteiger partial charge in [0.25, 0.3) is 5.91 Å². The van der Waals surface area contributed by atoms with Crippen LogP contribution in [0.4, 0.5) is 11.5 Å². The maximum Gasteiger partial charge on any atom is 0.276 e. The highest BCUT2D eigenvalue weighted by Gasteiger charge is 2.10. The van der Waals surface area contributed by atoms with Crippen molar-refractivity contribution in [3.8, 4) is 0 Å². The molecule has 0 fully saturated rings. The number of nitrogens with zero attached hydrogens (tertiary/aromatic N) is 3. The zero-order chi connectivity index (χ0) is 16.8. The van der Waals surface area contributed by atoms with Gasteiger partial charge >= 0.3 is 0 Å². The van der Waals surface area contributed by atoms with E-state index >= 15 is 0 Å². The fourth-order valence-electron chi connectivity index (χ4n) is 1.87. The Balaban J connectivity index is 1.98. The summed E-state index contributed by atoms with van der Waals surface area (Å²) in [7, 11) is 4.00. The van der Waals surface area contributed by atoms with E-state index in [9.17, 15) is 4.79 Å². The van der Waals surface area contributed by atoms with Gasteiger partial charge in [0.15, 0.2) is 5.69 Å². The number of nitrogens with one attached hydrogen (secondary N) is 2. The number of benzene rings is 1. The highest BCUT2D eigenvalue weighted by atomic mass is 35.5. The van der Waals surface area contributed by atoms with Crippen LogP contribution in [-0.2, 0) is 0 Å².